The molecule has 0 fully saturated rings. The Hall–Kier alpha value is -2.30. The lowest BCUT2D eigenvalue weighted by molar-refractivity contribution is 0.282. The van der Waals surface area contributed by atoms with Gasteiger partial charge in [0.1, 0.15) is 5.58 Å². The van der Waals surface area contributed by atoms with Crippen LogP contribution in [0.1, 0.15) is 23.6 Å². The average molecular weight is 344 g/mol. The van der Waals surface area contributed by atoms with E-state index in [2.05, 4.69) is 12.2 Å². The second-order valence-electron chi connectivity index (χ2n) is 5.60. The van der Waals surface area contributed by atoms with Crippen LogP contribution in [0.4, 0.5) is 5.69 Å². The van der Waals surface area contributed by atoms with Crippen LogP contribution in [0, 0.1) is 0 Å². The van der Waals surface area contributed by atoms with Crippen LogP contribution in [-0.4, -0.2) is 5.11 Å². The Labute approximate surface area is 144 Å². The van der Waals surface area contributed by atoms with E-state index in [-0.39, 0.29) is 12.2 Å². The molecule has 0 saturated carbocycles. The lowest BCUT2D eigenvalue weighted by Crippen LogP contribution is -2.06. The van der Waals surface area contributed by atoms with Crippen LogP contribution in [0.3, 0.4) is 0 Å². The maximum atomic E-state index is 11.8. The van der Waals surface area contributed by atoms with Gasteiger partial charge in [0.05, 0.1) is 17.3 Å². The molecule has 0 bridgehead atoms. The number of aliphatic hydroxyl groups is 1. The van der Waals surface area contributed by atoms with Gasteiger partial charge in [0, 0.05) is 18.0 Å². The van der Waals surface area contributed by atoms with E-state index >= 15 is 0 Å². The smallest absolute Gasteiger partial charge is 0.336 e. The summed E-state index contributed by atoms with van der Waals surface area (Å²) in [5, 5.41) is 13.9. The molecule has 24 heavy (non-hydrogen) atoms. The van der Waals surface area contributed by atoms with Gasteiger partial charge in [-0.05, 0) is 41.3 Å². The van der Waals surface area contributed by atoms with E-state index in [0.717, 1.165) is 34.2 Å². The third-order valence-electron chi connectivity index (χ3n) is 3.99. The fourth-order valence-corrected chi connectivity index (χ4v) is 2.82. The fourth-order valence-electron chi connectivity index (χ4n) is 2.64. The molecular weight excluding hydrogens is 326 g/mol. The van der Waals surface area contributed by atoms with Crippen LogP contribution in [-0.2, 0) is 19.6 Å². The Bertz CT molecular complexity index is 934. The van der Waals surface area contributed by atoms with Crippen molar-refractivity contribution in [2.24, 2.45) is 0 Å². The Morgan fingerprint density at radius 3 is 2.67 bits per heavy atom. The van der Waals surface area contributed by atoms with Crippen LogP contribution in [0.25, 0.3) is 11.0 Å². The largest absolute Gasteiger partial charge is 0.423 e. The van der Waals surface area contributed by atoms with Gasteiger partial charge in [0.15, 0.2) is 0 Å². The first-order valence-corrected chi connectivity index (χ1v) is 8.17. The molecule has 1 aromatic heterocycles. The third kappa shape index (κ3) is 3.45. The van der Waals surface area contributed by atoms with Gasteiger partial charge in [0.2, 0.25) is 0 Å². The Kier molecular flexibility index (Phi) is 4.88. The molecule has 4 nitrogen and oxygen atoms in total. The first kappa shape index (κ1) is 16.6. The minimum atomic E-state index is -0.372. The van der Waals surface area contributed by atoms with E-state index in [1.165, 1.54) is 6.07 Å². The molecule has 3 rings (SSSR count). The van der Waals surface area contributed by atoms with Gasteiger partial charge in [-0.25, -0.2) is 4.79 Å². The van der Waals surface area contributed by atoms with E-state index in [1.54, 1.807) is 18.2 Å². The summed E-state index contributed by atoms with van der Waals surface area (Å²) in [5.41, 5.74) is 3.67. The van der Waals surface area contributed by atoms with Gasteiger partial charge in [-0.1, -0.05) is 36.7 Å². The summed E-state index contributed by atoms with van der Waals surface area (Å²) in [4.78, 5) is 11.8. The Morgan fingerprint density at radius 2 is 1.92 bits per heavy atom. The number of anilines is 1. The molecular formula is C19H18ClNO3. The predicted octanol–water partition coefficient (Wildman–Crippen LogP) is 4.11. The zero-order chi connectivity index (χ0) is 17.1. The summed E-state index contributed by atoms with van der Waals surface area (Å²) < 4.78 is 5.31. The highest BCUT2D eigenvalue weighted by Gasteiger charge is 2.08. The molecule has 2 N–H and O–H groups in total. The number of aliphatic hydroxyl groups excluding tert-OH is 1. The number of halogens is 1. The molecule has 0 amide bonds. The summed E-state index contributed by atoms with van der Waals surface area (Å²) in [7, 11) is 0. The summed E-state index contributed by atoms with van der Waals surface area (Å²) >= 11 is 6.18. The molecule has 0 aliphatic rings. The standard InChI is InChI=1S/C19H18ClNO3/c1-2-12-3-5-15-14(9-19(23)24-18(15)8-12)10-21-17-7-13(11-22)4-6-16(17)20/h3-9,21-22H,2,10-11H2,1H3. The van der Waals surface area contributed by atoms with Crippen LogP contribution in [0.5, 0.6) is 0 Å². The normalized spacial score (nSPS) is 11.0. The first-order valence-electron chi connectivity index (χ1n) is 7.79. The summed E-state index contributed by atoms with van der Waals surface area (Å²) in [6, 6.07) is 12.7. The number of hydrogen-bond acceptors (Lipinski definition) is 4. The highest BCUT2D eigenvalue weighted by atomic mass is 35.5. The van der Waals surface area contributed by atoms with Crippen LogP contribution < -0.4 is 10.9 Å². The molecule has 3 aromatic rings. The minimum absolute atomic E-state index is 0.0521. The number of nitrogens with one attached hydrogen (secondary N) is 1. The molecule has 0 aliphatic heterocycles. The monoisotopic (exact) mass is 343 g/mol. The van der Waals surface area contributed by atoms with E-state index in [1.807, 2.05) is 18.2 Å². The molecule has 2 aromatic carbocycles. The van der Waals surface area contributed by atoms with Crippen LogP contribution in [0.15, 0.2) is 51.7 Å². The van der Waals surface area contributed by atoms with Crippen molar-refractivity contribution in [2.75, 3.05) is 5.32 Å². The number of rotatable bonds is 5. The van der Waals surface area contributed by atoms with Crippen molar-refractivity contribution >= 4 is 28.3 Å². The lowest BCUT2D eigenvalue weighted by Gasteiger charge is -2.11. The van der Waals surface area contributed by atoms with Crippen molar-refractivity contribution in [3.8, 4) is 0 Å². The van der Waals surface area contributed by atoms with Gasteiger partial charge in [-0.2, -0.15) is 0 Å². The number of benzene rings is 2. The molecule has 0 aliphatic carbocycles. The molecule has 124 valence electrons. The lowest BCUT2D eigenvalue weighted by atomic mass is 10.1. The number of hydrogen-bond donors (Lipinski definition) is 2. The van der Waals surface area contributed by atoms with Gasteiger partial charge in [0.25, 0.3) is 0 Å². The van der Waals surface area contributed by atoms with Crippen molar-refractivity contribution in [1.82, 2.24) is 0 Å². The van der Waals surface area contributed by atoms with Crippen molar-refractivity contribution in [3.05, 3.63) is 74.6 Å². The Morgan fingerprint density at radius 1 is 1.12 bits per heavy atom. The topological polar surface area (TPSA) is 62.5 Å². The third-order valence-corrected chi connectivity index (χ3v) is 4.32. The minimum Gasteiger partial charge on any atom is -0.423 e. The zero-order valence-corrected chi connectivity index (χ0v) is 14.1. The molecule has 0 atom stereocenters. The fraction of sp³-hybridized carbons (Fsp3) is 0.211. The van der Waals surface area contributed by atoms with Crippen molar-refractivity contribution in [2.45, 2.75) is 26.5 Å². The van der Waals surface area contributed by atoms with E-state index in [0.29, 0.717) is 17.2 Å². The summed E-state index contributed by atoms with van der Waals surface area (Å²) in [6.45, 7) is 2.44. The Balaban J connectivity index is 1.94. The molecule has 0 saturated heterocycles. The van der Waals surface area contributed by atoms with Crippen molar-refractivity contribution < 1.29 is 9.52 Å². The van der Waals surface area contributed by atoms with Crippen LogP contribution in [0.2, 0.25) is 5.02 Å². The van der Waals surface area contributed by atoms with E-state index in [4.69, 9.17) is 16.0 Å². The summed E-state index contributed by atoms with van der Waals surface area (Å²) in [5.74, 6) is 0. The quantitative estimate of drug-likeness (QED) is 0.684. The second kappa shape index (κ2) is 7.07. The second-order valence-corrected chi connectivity index (χ2v) is 6.01. The van der Waals surface area contributed by atoms with Crippen molar-refractivity contribution in [1.29, 1.82) is 0 Å². The highest BCUT2D eigenvalue weighted by Crippen LogP contribution is 2.25. The number of aryl methyl sites for hydroxylation is 1. The average Bonchev–Trinajstić information content (AvgIpc) is 2.60. The van der Waals surface area contributed by atoms with Gasteiger partial charge < -0.3 is 14.8 Å². The number of fused-ring (bicyclic) bond motifs is 1. The van der Waals surface area contributed by atoms with Crippen LogP contribution >= 0.6 is 11.6 Å². The predicted molar refractivity (Wildman–Crippen MR) is 96.6 cm³/mol. The van der Waals surface area contributed by atoms with Crippen molar-refractivity contribution in [3.63, 3.8) is 0 Å². The molecule has 1 heterocycles. The van der Waals surface area contributed by atoms with Gasteiger partial charge in [-0.3, -0.25) is 0 Å². The zero-order valence-electron chi connectivity index (χ0n) is 13.3. The van der Waals surface area contributed by atoms with E-state index in [9.17, 15) is 9.90 Å². The SMILES string of the molecule is CCc1ccc2c(CNc3cc(CO)ccc3Cl)cc(=O)oc2c1. The summed E-state index contributed by atoms with van der Waals surface area (Å²) in [6.07, 6.45) is 0.881. The maximum Gasteiger partial charge on any atom is 0.336 e. The van der Waals surface area contributed by atoms with E-state index < -0.39 is 0 Å². The molecule has 0 spiro atoms. The first-order chi connectivity index (χ1) is 11.6. The maximum absolute atomic E-state index is 11.8. The molecule has 0 unspecified atom stereocenters. The van der Waals surface area contributed by atoms with Gasteiger partial charge >= 0.3 is 5.63 Å². The molecule has 5 heteroatoms. The van der Waals surface area contributed by atoms with Gasteiger partial charge in [-0.15, -0.1) is 0 Å². The highest BCUT2D eigenvalue weighted by molar-refractivity contribution is 6.33. The molecule has 0 radical (unpaired) electrons.